The fourth-order valence-corrected chi connectivity index (χ4v) is 2.12. The predicted molar refractivity (Wildman–Crippen MR) is 60.2 cm³/mol. The highest BCUT2D eigenvalue weighted by Crippen LogP contribution is 2.25. The van der Waals surface area contributed by atoms with Gasteiger partial charge in [-0.1, -0.05) is 25.5 Å². The van der Waals surface area contributed by atoms with E-state index in [2.05, 4.69) is 13.0 Å². The van der Waals surface area contributed by atoms with Gasteiger partial charge in [-0.15, -0.1) is 0 Å². The van der Waals surface area contributed by atoms with Crippen LogP contribution in [0.4, 0.5) is 0 Å². The molecular formula is C13H22O. The van der Waals surface area contributed by atoms with Gasteiger partial charge in [0, 0.05) is 12.8 Å². The molecule has 1 nitrogen and oxygen atoms in total. The molecule has 1 atom stereocenters. The van der Waals surface area contributed by atoms with Crippen LogP contribution in [-0.2, 0) is 4.79 Å². The maximum atomic E-state index is 11.1. The van der Waals surface area contributed by atoms with E-state index in [1.165, 1.54) is 19.3 Å². The van der Waals surface area contributed by atoms with Crippen molar-refractivity contribution < 1.29 is 4.79 Å². The SMILES string of the molecule is CCC(=O)CCCC1=CC(C)CCC1. The molecule has 1 aliphatic rings. The van der Waals surface area contributed by atoms with E-state index in [1.807, 2.05) is 6.92 Å². The van der Waals surface area contributed by atoms with Gasteiger partial charge in [0.2, 0.25) is 0 Å². The van der Waals surface area contributed by atoms with E-state index in [0.717, 1.165) is 25.2 Å². The second-order valence-corrected chi connectivity index (χ2v) is 4.44. The Balaban J connectivity index is 2.20. The van der Waals surface area contributed by atoms with Crippen molar-refractivity contribution in [1.82, 2.24) is 0 Å². The van der Waals surface area contributed by atoms with Crippen molar-refractivity contribution >= 4 is 5.78 Å². The quantitative estimate of drug-likeness (QED) is 0.607. The third kappa shape index (κ3) is 4.08. The molecule has 0 saturated heterocycles. The Morgan fingerprint density at radius 2 is 2.36 bits per heavy atom. The van der Waals surface area contributed by atoms with E-state index in [0.29, 0.717) is 12.2 Å². The second kappa shape index (κ2) is 6.00. The zero-order valence-corrected chi connectivity index (χ0v) is 9.51. The molecule has 0 aromatic heterocycles. The van der Waals surface area contributed by atoms with Gasteiger partial charge in [0.05, 0.1) is 0 Å². The molecular weight excluding hydrogens is 172 g/mol. The summed E-state index contributed by atoms with van der Waals surface area (Å²) < 4.78 is 0. The predicted octanol–water partition coefficient (Wildman–Crippen LogP) is 3.88. The lowest BCUT2D eigenvalue weighted by Crippen LogP contribution is -2.02. The highest BCUT2D eigenvalue weighted by molar-refractivity contribution is 5.77. The number of carbonyl (C=O) groups is 1. The first kappa shape index (κ1) is 11.5. The highest BCUT2D eigenvalue weighted by atomic mass is 16.1. The summed E-state index contributed by atoms with van der Waals surface area (Å²) in [6, 6.07) is 0. The Morgan fingerprint density at radius 1 is 1.57 bits per heavy atom. The zero-order valence-electron chi connectivity index (χ0n) is 9.51. The molecule has 0 heterocycles. The van der Waals surface area contributed by atoms with Crippen molar-refractivity contribution in [3.63, 3.8) is 0 Å². The van der Waals surface area contributed by atoms with Gasteiger partial charge in [0.25, 0.3) is 0 Å². The van der Waals surface area contributed by atoms with Crippen LogP contribution in [-0.4, -0.2) is 5.78 Å². The summed E-state index contributed by atoms with van der Waals surface area (Å²) in [5.41, 5.74) is 1.59. The topological polar surface area (TPSA) is 17.1 Å². The molecule has 1 rings (SSSR count). The maximum absolute atomic E-state index is 11.1. The van der Waals surface area contributed by atoms with Gasteiger partial charge >= 0.3 is 0 Å². The molecule has 0 spiro atoms. The van der Waals surface area contributed by atoms with Gasteiger partial charge in [-0.3, -0.25) is 4.79 Å². The third-order valence-corrected chi connectivity index (χ3v) is 3.03. The van der Waals surface area contributed by atoms with Crippen LogP contribution >= 0.6 is 0 Å². The standard InChI is InChI=1S/C13H22O/c1-3-13(14)9-5-8-12-7-4-6-11(2)10-12/h10-11H,3-9H2,1-2H3. The van der Waals surface area contributed by atoms with Crippen LogP contribution in [0.25, 0.3) is 0 Å². The van der Waals surface area contributed by atoms with Crippen molar-refractivity contribution in [2.24, 2.45) is 5.92 Å². The minimum Gasteiger partial charge on any atom is -0.300 e. The Hall–Kier alpha value is -0.590. The summed E-state index contributed by atoms with van der Waals surface area (Å²) in [5.74, 6) is 1.18. The summed E-state index contributed by atoms with van der Waals surface area (Å²) in [7, 11) is 0. The van der Waals surface area contributed by atoms with Gasteiger partial charge in [0.15, 0.2) is 0 Å². The minimum absolute atomic E-state index is 0.412. The van der Waals surface area contributed by atoms with Gasteiger partial charge in [-0.2, -0.15) is 0 Å². The average Bonchev–Trinajstić information content (AvgIpc) is 2.17. The zero-order chi connectivity index (χ0) is 10.4. The number of allylic oxidation sites excluding steroid dienone is 2. The minimum atomic E-state index is 0.412. The Bertz CT molecular complexity index is 215. The molecule has 0 saturated carbocycles. The van der Waals surface area contributed by atoms with Crippen LogP contribution in [0.2, 0.25) is 0 Å². The van der Waals surface area contributed by atoms with Crippen LogP contribution in [0.5, 0.6) is 0 Å². The highest BCUT2D eigenvalue weighted by Gasteiger charge is 2.09. The number of carbonyl (C=O) groups excluding carboxylic acids is 1. The Morgan fingerprint density at radius 3 is 3.00 bits per heavy atom. The number of rotatable bonds is 5. The van der Waals surface area contributed by atoms with Crippen LogP contribution in [0.1, 0.15) is 58.8 Å². The van der Waals surface area contributed by atoms with Crippen molar-refractivity contribution in [3.8, 4) is 0 Å². The summed E-state index contributed by atoms with van der Waals surface area (Å²) in [5, 5.41) is 0. The number of hydrogen-bond donors (Lipinski definition) is 0. The maximum Gasteiger partial charge on any atom is 0.132 e. The molecule has 0 bridgehead atoms. The summed E-state index contributed by atoms with van der Waals surface area (Å²) >= 11 is 0. The van der Waals surface area contributed by atoms with E-state index in [9.17, 15) is 4.79 Å². The molecule has 0 aliphatic heterocycles. The molecule has 1 heteroatoms. The average molecular weight is 194 g/mol. The molecule has 1 unspecified atom stereocenters. The molecule has 0 N–H and O–H groups in total. The fourth-order valence-electron chi connectivity index (χ4n) is 2.12. The number of hydrogen-bond acceptors (Lipinski definition) is 1. The van der Waals surface area contributed by atoms with Crippen LogP contribution < -0.4 is 0 Å². The van der Waals surface area contributed by atoms with Crippen molar-refractivity contribution in [2.75, 3.05) is 0 Å². The van der Waals surface area contributed by atoms with E-state index < -0.39 is 0 Å². The second-order valence-electron chi connectivity index (χ2n) is 4.44. The molecule has 0 aromatic rings. The lowest BCUT2D eigenvalue weighted by Gasteiger charge is -2.17. The van der Waals surface area contributed by atoms with E-state index in [-0.39, 0.29) is 0 Å². The number of Topliss-reactive ketones (excluding diaryl/α,β-unsaturated/α-hetero) is 1. The summed E-state index contributed by atoms with van der Waals surface area (Å²) in [6.07, 6.45) is 10.1. The van der Waals surface area contributed by atoms with Crippen LogP contribution in [0, 0.1) is 5.92 Å². The van der Waals surface area contributed by atoms with Crippen molar-refractivity contribution in [2.45, 2.75) is 58.8 Å². The molecule has 1 aliphatic carbocycles. The summed E-state index contributed by atoms with van der Waals surface area (Å²) in [6.45, 7) is 4.24. The Kier molecular flexibility index (Phi) is 4.92. The lowest BCUT2D eigenvalue weighted by molar-refractivity contribution is -0.118. The van der Waals surface area contributed by atoms with Crippen LogP contribution in [0.3, 0.4) is 0 Å². The Labute approximate surface area is 87.6 Å². The molecule has 0 aromatic carbocycles. The van der Waals surface area contributed by atoms with Crippen molar-refractivity contribution in [3.05, 3.63) is 11.6 Å². The van der Waals surface area contributed by atoms with Crippen LogP contribution in [0.15, 0.2) is 11.6 Å². The monoisotopic (exact) mass is 194 g/mol. The normalized spacial score (nSPS) is 21.9. The fraction of sp³-hybridized carbons (Fsp3) is 0.769. The first-order valence-electron chi connectivity index (χ1n) is 5.93. The smallest absolute Gasteiger partial charge is 0.132 e. The van der Waals surface area contributed by atoms with Gasteiger partial charge in [-0.25, -0.2) is 0 Å². The van der Waals surface area contributed by atoms with E-state index in [1.54, 1.807) is 5.57 Å². The lowest BCUT2D eigenvalue weighted by atomic mass is 9.89. The van der Waals surface area contributed by atoms with Crippen molar-refractivity contribution in [1.29, 1.82) is 0 Å². The molecule has 0 amide bonds. The molecule has 80 valence electrons. The largest absolute Gasteiger partial charge is 0.300 e. The van der Waals surface area contributed by atoms with E-state index >= 15 is 0 Å². The molecule has 0 fully saturated rings. The molecule has 0 radical (unpaired) electrons. The first-order chi connectivity index (χ1) is 6.72. The third-order valence-electron chi connectivity index (χ3n) is 3.03. The molecule has 14 heavy (non-hydrogen) atoms. The van der Waals surface area contributed by atoms with Gasteiger partial charge in [0.1, 0.15) is 5.78 Å². The first-order valence-corrected chi connectivity index (χ1v) is 5.93. The van der Waals surface area contributed by atoms with Gasteiger partial charge < -0.3 is 0 Å². The van der Waals surface area contributed by atoms with E-state index in [4.69, 9.17) is 0 Å². The van der Waals surface area contributed by atoms with Gasteiger partial charge in [-0.05, 0) is 38.0 Å². The summed E-state index contributed by atoms with van der Waals surface area (Å²) in [4.78, 5) is 11.1. The number of ketones is 1.